The number of ether oxygens (including phenoxy) is 3. The van der Waals surface area contributed by atoms with E-state index in [1.807, 2.05) is 63.2 Å². The Balaban J connectivity index is 1.41. The molecule has 4 aromatic carbocycles. The van der Waals surface area contributed by atoms with Crippen molar-refractivity contribution >= 4 is 29.1 Å². The second kappa shape index (κ2) is 17.0. The Kier molecular flexibility index (Phi) is 12.5. The predicted molar refractivity (Wildman–Crippen MR) is 194 cm³/mol. The lowest BCUT2D eigenvalue weighted by Gasteiger charge is -2.31. The highest BCUT2D eigenvalue weighted by molar-refractivity contribution is 6.30. The zero-order valence-corrected chi connectivity index (χ0v) is 29.8. The molecule has 5 rings (SSSR count). The van der Waals surface area contributed by atoms with Crippen LogP contribution in [0, 0.1) is 11.2 Å². The quantitative estimate of drug-likeness (QED) is 0.135. The number of halogens is 2. The van der Waals surface area contributed by atoms with Crippen LogP contribution < -0.4 is 25.0 Å². The average Bonchev–Trinajstić information content (AvgIpc) is 3.19. The van der Waals surface area contributed by atoms with Gasteiger partial charge in [-0.15, -0.1) is 0 Å². The van der Waals surface area contributed by atoms with Crippen molar-refractivity contribution in [3.63, 3.8) is 0 Å². The van der Waals surface area contributed by atoms with Crippen molar-refractivity contribution in [3.05, 3.63) is 124 Å². The molecule has 0 saturated heterocycles. The summed E-state index contributed by atoms with van der Waals surface area (Å²) >= 11 is 6.57. The van der Waals surface area contributed by atoms with Crippen LogP contribution in [0.15, 0.2) is 91.0 Å². The third-order valence-corrected chi connectivity index (χ3v) is 8.54. The summed E-state index contributed by atoms with van der Waals surface area (Å²) in [6.45, 7) is 8.28. The van der Waals surface area contributed by atoms with Crippen LogP contribution >= 0.6 is 11.6 Å². The Bertz CT molecular complexity index is 1760. The zero-order valence-electron chi connectivity index (χ0n) is 29.0. The number of para-hydroxylation sites is 1. The Hall–Kier alpha value is -4.44. The van der Waals surface area contributed by atoms with Crippen LogP contribution in [-0.2, 0) is 27.3 Å². The lowest BCUT2D eigenvalue weighted by Crippen LogP contribution is -2.45. The molecule has 0 radical (unpaired) electrons. The summed E-state index contributed by atoms with van der Waals surface area (Å²) in [6.07, 6.45) is -1.38. The van der Waals surface area contributed by atoms with E-state index in [0.717, 1.165) is 13.0 Å². The summed E-state index contributed by atoms with van der Waals surface area (Å²) in [5.74, 6) is -0.264. The van der Waals surface area contributed by atoms with Crippen molar-refractivity contribution in [2.45, 2.75) is 52.4 Å². The van der Waals surface area contributed by atoms with Gasteiger partial charge in [-0.05, 0) is 54.3 Å². The lowest BCUT2D eigenvalue weighted by atomic mass is 9.94. The molecular weight excluding hydrogens is 657 g/mol. The highest BCUT2D eigenvalue weighted by atomic mass is 35.5. The zero-order chi connectivity index (χ0) is 35.7. The third-order valence-electron chi connectivity index (χ3n) is 8.31. The van der Waals surface area contributed by atoms with Gasteiger partial charge in [-0.3, -0.25) is 9.59 Å². The summed E-state index contributed by atoms with van der Waals surface area (Å²) in [5.41, 5.74) is 3.22. The predicted octanol–water partition coefficient (Wildman–Crippen LogP) is 7.27. The number of amides is 2. The molecule has 2 atom stereocenters. The molecule has 1 aliphatic rings. The number of nitrogens with zero attached hydrogens (tertiary/aromatic N) is 1. The van der Waals surface area contributed by atoms with Gasteiger partial charge in [0.1, 0.15) is 24.6 Å². The smallest absolute Gasteiger partial charge is 0.256 e. The molecule has 0 unspecified atom stereocenters. The van der Waals surface area contributed by atoms with Crippen molar-refractivity contribution in [2.75, 3.05) is 38.3 Å². The van der Waals surface area contributed by atoms with Crippen molar-refractivity contribution in [2.24, 2.45) is 5.41 Å². The number of fused-ring (bicyclic) bond motifs is 1. The minimum Gasteiger partial charge on any atom is -0.492 e. The topological polar surface area (TPSA) is 89.1 Å². The molecule has 0 aromatic heterocycles. The first-order valence-corrected chi connectivity index (χ1v) is 17.2. The van der Waals surface area contributed by atoms with Crippen LogP contribution in [-0.4, -0.2) is 51.3 Å². The first-order valence-electron chi connectivity index (χ1n) is 16.8. The van der Waals surface area contributed by atoms with E-state index >= 15 is 0 Å². The summed E-state index contributed by atoms with van der Waals surface area (Å²) in [7, 11) is 1.56. The van der Waals surface area contributed by atoms with Gasteiger partial charge in [0.25, 0.3) is 5.91 Å². The molecular formula is C40H45ClFN3O5. The molecule has 1 aliphatic heterocycles. The third kappa shape index (κ3) is 9.62. The monoisotopic (exact) mass is 701 g/mol. The Morgan fingerprint density at radius 2 is 1.72 bits per heavy atom. The molecule has 2 amide bonds. The normalized spacial score (nSPS) is 16.0. The largest absolute Gasteiger partial charge is 0.492 e. The van der Waals surface area contributed by atoms with Crippen LogP contribution in [0.1, 0.15) is 55.5 Å². The van der Waals surface area contributed by atoms with Gasteiger partial charge < -0.3 is 29.7 Å². The number of carbonyl (C=O) groups is 2. The second-order valence-electron chi connectivity index (χ2n) is 13.5. The van der Waals surface area contributed by atoms with E-state index < -0.39 is 23.9 Å². The molecule has 10 heteroatoms. The van der Waals surface area contributed by atoms with Crippen molar-refractivity contribution < 1.29 is 28.2 Å². The maximum Gasteiger partial charge on any atom is 0.256 e. The van der Waals surface area contributed by atoms with Crippen LogP contribution in [0.5, 0.6) is 11.5 Å². The lowest BCUT2D eigenvalue weighted by molar-refractivity contribution is -0.138. The molecule has 0 saturated carbocycles. The maximum absolute atomic E-state index is 14.3. The van der Waals surface area contributed by atoms with Gasteiger partial charge in [0.2, 0.25) is 5.91 Å². The summed E-state index contributed by atoms with van der Waals surface area (Å²) in [5, 5.41) is 6.64. The SMILES string of the molecule is COc1c(OCCNCCc2ccccc2)cccc1[C@H]1O[C@H](CC(=O)NCc2ccccc2F)C(=O)N(CC(C)(C)C)c2ccc(Cl)cc21. The van der Waals surface area contributed by atoms with Gasteiger partial charge in [0.15, 0.2) is 11.5 Å². The van der Waals surface area contributed by atoms with Gasteiger partial charge in [-0.2, -0.15) is 0 Å². The summed E-state index contributed by atoms with van der Waals surface area (Å²) in [6, 6.07) is 27.4. The summed E-state index contributed by atoms with van der Waals surface area (Å²) < 4.78 is 33.0. The molecule has 4 aromatic rings. The Labute approximate surface area is 298 Å². The van der Waals surface area contributed by atoms with Gasteiger partial charge >= 0.3 is 0 Å². The van der Waals surface area contributed by atoms with Crippen molar-refractivity contribution in [1.29, 1.82) is 0 Å². The molecule has 2 N–H and O–H groups in total. The molecule has 1 heterocycles. The van der Waals surface area contributed by atoms with E-state index in [1.54, 1.807) is 42.3 Å². The van der Waals surface area contributed by atoms with E-state index in [-0.39, 0.29) is 24.3 Å². The van der Waals surface area contributed by atoms with Gasteiger partial charge in [0, 0.05) is 47.0 Å². The molecule has 0 bridgehead atoms. The number of carbonyl (C=O) groups excluding carboxylic acids is 2. The van der Waals surface area contributed by atoms with Gasteiger partial charge in [0.05, 0.1) is 13.5 Å². The molecule has 264 valence electrons. The van der Waals surface area contributed by atoms with Gasteiger partial charge in [-0.1, -0.05) is 93.0 Å². The minimum absolute atomic E-state index is 0.0221. The molecule has 0 spiro atoms. The number of benzene rings is 4. The summed E-state index contributed by atoms with van der Waals surface area (Å²) in [4.78, 5) is 29.3. The first kappa shape index (κ1) is 36.8. The molecule has 0 aliphatic carbocycles. The van der Waals surface area contributed by atoms with Crippen LogP contribution in [0.3, 0.4) is 0 Å². The van der Waals surface area contributed by atoms with E-state index in [9.17, 15) is 14.0 Å². The number of rotatable bonds is 14. The van der Waals surface area contributed by atoms with Crippen LogP contribution in [0.2, 0.25) is 5.02 Å². The Morgan fingerprint density at radius 1 is 0.960 bits per heavy atom. The fraction of sp³-hybridized carbons (Fsp3) is 0.350. The molecule has 50 heavy (non-hydrogen) atoms. The van der Waals surface area contributed by atoms with Gasteiger partial charge in [-0.25, -0.2) is 4.39 Å². The minimum atomic E-state index is -1.17. The Morgan fingerprint density at radius 3 is 2.46 bits per heavy atom. The highest BCUT2D eigenvalue weighted by Gasteiger charge is 2.40. The van der Waals surface area contributed by atoms with E-state index in [4.69, 9.17) is 25.8 Å². The fourth-order valence-corrected chi connectivity index (χ4v) is 6.15. The second-order valence-corrected chi connectivity index (χ2v) is 13.9. The first-order chi connectivity index (χ1) is 24.0. The highest BCUT2D eigenvalue weighted by Crippen LogP contribution is 2.45. The van der Waals surface area contributed by atoms with Crippen molar-refractivity contribution in [3.8, 4) is 11.5 Å². The number of anilines is 1. The van der Waals surface area contributed by atoms with E-state index in [2.05, 4.69) is 22.8 Å². The van der Waals surface area contributed by atoms with Crippen LogP contribution in [0.4, 0.5) is 10.1 Å². The fourth-order valence-electron chi connectivity index (χ4n) is 5.97. The van der Waals surface area contributed by atoms with Crippen molar-refractivity contribution in [1.82, 2.24) is 10.6 Å². The number of hydrogen-bond acceptors (Lipinski definition) is 6. The number of hydrogen-bond donors (Lipinski definition) is 2. The van der Waals surface area contributed by atoms with Crippen LogP contribution in [0.25, 0.3) is 0 Å². The average molecular weight is 702 g/mol. The molecule has 8 nitrogen and oxygen atoms in total. The standard InChI is InChI=1S/C40H45ClFN3O5/c1-40(2,3)26-45-33-18-17-29(41)23-31(33)37(50-35(39(45)47)24-36(46)44-25-28-13-8-9-15-32(28)42)30-14-10-16-34(38(30)48-4)49-22-21-43-20-19-27-11-6-5-7-12-27/h5-18,23,35,37,43H,19-22,24-26H2,1-4H3,(H,44,46)/t35-,37-/m1/s1. The maximum atomic E-state index is 14.3. The molecule has 0 fully saturated rings. The number of nitrogens with one attached hydrogen (secondary N) is 2. The number of methoxy groups -OCH3 is 1. The van der Waals surface area contributed by atoms with E-state index in [1.165, 1.54) is 11.6 Å². The van der Waals surface area contributed by atoms with E-state index in [0.29, 0.717) is 58.6 Å².